The molecule has 1 aliphatic rings. The molecule has 5 nitrogen and oxygen atoms in total. The van der Waals surface area contributed by atoms with Crippen LogP contribution in [-0.2, 0) is 6.54 Å². The number of anilines is 1. The lowest BCUT2D eigenvalue weighted by molar-refractivity contribution is 0.244. The largest absolute Gasteiger partial charge is 0.369 e. The van der Waals surface area contributed by atoms with Crippen molar-refractivity contribution in [2.45, 2.75) is 6.54 Å². The molecule has 0 N–H and O–H groups in total. The van der Waals surface area contributed by atoms with Crippen molar-refractivity contribution in [2.75, 3.05) is 37.6 Å². The van der Waals surface area contributed by atoms with E-state index in [4.69, 9.17) is 0 Å². The summed E-state index contributed by atoms with van der Waals surface area (Å²) in [7, 11) is 0. The van der Waals surface area contributed by atoms with Crippen LogP contribution in [0.4, 0.5) is 10.1 Å². The molecule has 1 aliphatic heterocycles. The molecule has 0 spiro atoms. The lowest BCUT2D eigenvalue weighted by Gasteiger charge is -2.36. The number of rotatable bonds is 5. The average molecular weight is 351 g/mol. The minimum absolute atomic E-state index is 0.186. The van der Waals surface area contributed by atoms with Crippen molar-refractivity contribution >= 4 is 5.69 Å². The predicted molar refractivity (Wildman–Crippen MR) is 101 cm³/mol. The van der Waals surface area contributed by atoms with Crippen LogP contribution in [0.1, 0.15) is 0 Å². The normalized spacial score (nSPS) is 15.3. The lowest BCUT2D eigenvalue weighted by Crippen LogP contribution is -2.47. The predicted octanol–water partition coefficient (Wildman–Crippen LogP) is 2.91. The van der Waals surface area contributed by atoms with Gasteiger partial charge >= 0.3 is 0 Å². The summed E-state index contributed by atoms with van der Waals surface area (Å²) in [5.41, 5.74) is 3.28. The van der Waals surface area contributed by atoms with Crippen molar-refractivity contribution < 1.29 is 4.39 Å². The molecule has 0 radical (unpaired) electrons. The second-order valence-corrected chi connectivity index (χ2v) is 6.51. The van der Waals surface area contributed by atoms with Gasteiger partial charge in [-0.05, 0) is 24.3 Å². The maximum atomic E-state index is 13.1. The molecule has 26 heavy (non-hydrogen) atoms. The summed E-state index contributed by atoms with van der Waals surface area (Å²) >= 11 is 0. The number of aromatic nitrogens is 3. The number of benzene rings is 2. The fraction of sp³-hybridized carbons (Fsp3) is 0.300. The third-order valence-corrected chi connectivity index (χ3v) is 4.88. The zero-order chi connectivity index (χ0) is 17.8. The molecule has 4 rings (SSSR count). The Labute approximate surface area is 152 Å². The highest BCUT2D eigenvalue weighted by atomic mass is 19.1. The number of halogens is 1. The molecule has 3 aromatic rings. The molecule has 0 amide bonds. The van der Waals surface area contributed by atoms with Crippen LogP contribution in [0.15, 0.2) is 60.8 Å². The Balaban J connectivity index is 1.32. The van der Waals surface area contributed by atoms with Gasteiger partial charge in [0.1, 0.15) is 5.82 Å². The molecule has 1 saturated heterocycles. The third kappa shape index (κ3) is 3.75. The van der Waals surface area contributed by atoms with Crippen LogP contribution in [0.2, 0.25) is 0 Å². The SMILES string of the molecule is Fc1ccc(N2CCN(CCn3nncc3-c3ccccc3)CC2)cc1. The van der Waals surface area contributed by atoms with Gasteiger partial charge < -0.3 is 4.90 Å². The topological polar surface area (TPSA) is 37.2 Å². The zero-order valence-electron chi connectivity index (χ0n) is 14.6. The second-order valence-electron chi connectivity index (χ2n) is 6.51. The van der Waals surface area contributed by atoms with Crippen molar-refractivity contribution in [1.29, 1.82) is 0 Å². The molecule has 0 atom stereocenters. The first-order chi connectivity index (χ1) is 12.8. The first-order valence-electron chi connectivity index (χ1n) is 8.96. The van der Waals surface area contributed by atoms with E-state index in [2.05, 4.69) is 32.2 Å². The Hall–Kier alpha value is -2.73. The Bertz CT molecular complexity index is 823. The van der Waals surface area contributed by atoms with E-state index in [1.54, 1.807) is 0 Å². The maximum Gasteiger partial charge on any atom is 0.123 e. The van der Waals surface area contributed by atoms with E-state index < -0.39 is 0 Å². The molecule has 1 fully saturated rings. The summed E-state index contributed by atoms with van der Waals surface area (Å²) in [6, 6.07) is 17.0. The van der Waals surface area contributed by atoms with Crippen molar-refractivity contribution in [2.24, 2.45) is 0 Å². The second kappa shape index (κ2) is 7.66. The van der Waals surface area contributed by atoms with E-state index >= 15 is 0 Å². The Kier molecular flexibility index (Phi) is 4.93. The molecule has 0 aliphatic carbocycles. The van der Waals surface area contributed by atoms with Gasteiger partial charge in [-0.1, -0.05) is 35.5 Å². The molecule has 0 bridgehead atoms. The van der Waals surface area contributed by atoms with Crippen LogP contribution in [0.3, 0.4) is 0 Å². The van der Waals surface area contributed by atoms with Gasteiger partial charge in [-0.25, -0.2) is 9.07 Å². The summed E-state index contributed by atoms with van der Waals surface area (Å²) in [5.74, 6) is -0.186. The highest BCUT2D eigenvalue weighted by Gasteiger charge is 2.17. The average Bonchev–Trinajstić information content (AvgIpc) is 3.17. The first kappa shape index (κ1) is 16.7. The molecule has 0 saturated carbocycles. The molecule has 6 heteroatoms. The minimum Gasteiger partial charge on any atom is -0.369 e. The van der Waals surface area contributed by atoms with E-state index in [1.807, 2.05) is 41.2 Å². The van der Waals surface area contributed by atoms with E-state index in [9.17, 15) is 4.39 Å². The molecule has 134 valence electrons. The lowest BCUT2D eigenvalue weighted by atomic mass is 10.2. The van der Waals surface area contributed by atoms with Crippen LogP contribution < -0.4 is 4.90 Å². The van der Waals surface area contributed by atoms with E-state index in [1.165, 1.54) is 12.1 Å². The van der Waals surface area contributed by atoms with Crippen LogP contribution >= 0.6 is 0 Å². The van der Waals surface area contributed by atoms with Gasteiger partial charge in [0.05, 0.1) is 18.4 Å². The Morgan fingerprint density at radius 2 is 1.58 bits per heavy atom. The van der Waals surface area contributed by atoms with Gasteiger partial charge in [0.2, 0.25) is 0 Å². The van der Waals surface area contributed by atoms with Crippen LogP contribution in [0.25, 0.3) is 11.3 Å². The number of nitrogens with zero attached hydrogens (tertiary/aromatic N) is 5. The molecule has 0 unspecified atom stereocenters. The number of hydrogen-bond donors (Lipinski definition) is 0. The van der Waals surface area contributed by atoms with Gasteiger partial charge in [-0.15, -0.1) is 5.10 Å². The van der Waals surface area contributed by atoms with Gasteiger partial charge in [-0.2, -0.15) is 0 Å². The van der Waals surface area contributed by atoms with Crippen LogP contribution in [0.5, 0.6) is 0 Å². The summed E-state index contributed by atoms with van der Waals surface area (Å²) < 4.78 is 15.0. The Morgan fingerprint density at radius 1 is 0.846 bits per heavy atom. The van der Waals surface area contributed by atoms with Crippen molar-refractivity contribution in [3.8, 4) is 11.3 Å². The fourth-order valence-electron chi connectivity index (χ4n) is 3.37. The molecule has 2 aromatic carbocycles. The number of hydrogen-bond acceptors (Lipinski definition) is 4. The molecule has 1 aromatic heterocycles. The van der Waals surface area contributed by atoms with E-state index in [0.29, 0.717) is 0 Å². The summed E-state index contributed by atoms with van der Waals surface area (Å²) in [5, 5.41) is 8.32. The van der Waals surface area contributed by atoms with Gasteiger partial charge in [0.25, 0.3) is 0 Å². The van der Waals surface area contributed by atoms with Gasteiger partial charge in [0, 0.05) is 44.0 Å². The Morgan fingerprint density at radius 3 is 2.31 bits per heavy atom. The van der Waals surface area contributed by atoms with Gasteiger partial charge in [0.15, 0.2) is 0 Å². The molecular formula is C20H22FN5. The van der Waals surface area contributed by atoms with Crippen LogP contribution in [-0.4, -0.2) is 52.6 Å². The minimum atomic E-state index is -0.186. The van der Waals surface area contributed by atoms with Crippen LogP contribution in [0, 0.1) is 5.82 Å². The summed E-state index contributed by atoms with van der Waals surface area (Å²) in [6.07, 6.45) is 1.82. The fourth-order valence-corrected chi connectivity index (χ4v) is 3.37. The van der Waals surface area contributed by atoms with Crippen molar-refractivity contribution in [3.63, 3.8) is 0 Å². The van der Waals surface area contributed by atoms with Crippen molar-refractivity contribution in [3.05, 3.63) is 66.6 Å². The highest BCUT2D eigenvalue weighted by molar-refractivity contribution is 5.57. The van der Waals surface area contributed by atoms with E-state index in [0.717, 1.165) is 56.2 Å². The first-order valence-corrected chi connectivity index (χ1v) is 8.96. The standard InChI is InChI=1S/C20H22FN5/c21-18-6-8-19(9-7-18)25-13-10-24(11-14-25)12-15-26-20(16-22-23-26)17-4-2-1-3-5-17/h1-9,16H,10-15H2. The third-order valence-electron chi connectivity index (χ3n) is 4.88. The summed E-state index contributed by atoms with van der Waals surface area (Å²) in [6.45, 7) is 5.66. The molecular weight excluding hydrogens is 329 g/mol. The van der Waals surface area contributed by atoms with E-state index in [-0.39, 0.29) is 5.82 Å². The summed E-state index contributed by atoms with van der Waals surface area (Å²) in [4.78, 5) is 4.75. The number of piperazine rings is 1. The van der Waals surface area contributed by atoms with Gasteiger partial charge in [-0.3, -0.25) is 4.90 Å². The monoisotopic (exact) mass is 351 g/mol. The molecule has 2 heterocycles. The highest BCUT2D eigenvalue weighted by Crippen LogP contribution is 2.18. The van der Waals surface area contributed by atoms with Crippen molar-refractivity contribution in [1.82, 2.24) is 19.9 Å². The smallest absolute Gasteiger partial charge is 0.123 e. The quantitative estimate of drug-likeness (QED) is 0.708. The maximum absolute atomic E-state index is 13.1. The zero-order valence-corrected chi connectivity index (χ0v) is 14.6.